The van der Waals surface area contributed by atoms with E-state index >= 15 is 0 Å². The topological polar surface area (TPSA) is 0 Å². The van der Waals surface area contributed by atoms with Crippen molar-refractivity contribution >= 4 is 5.57 Å². The minimum Gasteiger partial charge on any atom is -0.0752 e. The summed E-state index contributed by atoms with van der Waals surface area (Å²) < 4.78 is 0. The molecule has 0 radical (unpaired) electrons. The van der Waals surface area contributed by atoms with E-state index in [1.165, 1.54) is 27.8 Å². The molecule has 0 unspecified atom stereocenters. The van der Waals surface area contributed by atoms with Gasteiger partial charge in [0.25, 0.3) is 0 Å². The highest BCUT2D eigenvalue weighted by Crippen LogP contribution is 2.42. The number of rotatable bonds is 1. The fourth-order valence-electron chi connectivity index (χ4n) is 4.10. The SMILES string of the molecule is CC(C)(C)c1ccc(C2=CCC(C)(C)c3ccc(C#Cc4ccccc4)cc32)cc1. The molecule has 0 heterocycles. The fraction of sp³-hybridized carbons (Fsp3) is 0.267. The molecule has 0 nitrogen and oxygen atoms in total. The molecule has 0 saturated heterocycles. The van der Waals surface area contributed by atoms with E-state index < -0.39 is 0 Å². The highest BCUT2D eigenvalue weighted by atomic mass is 14.3. The third kappa shape index (κ3) is 4.12. The molecule has 3 aromatic rings. The summed E-state index contributed by atoms with van der Waals surface area (Å²) in [5.74, 6) is 6.66. The number of allylic oxidation sites excluding steroid dienone is 1. The van der Waals surface area contributed by atoms with Gasteiger partial charge in [-0.1, -0.05) is 101 Å². The van der Waals surface area contributed by atoms with Gasteiger partial charge in [0.15, 0.2) is 0 Å². The zero-order valence-corrected chi connectivity index (χ0v) is 18.7. The van der Waals surface area contributed by atoms with Crippen LogP contribution in [0.15, 0.2) is 78.9 Å². The second-order valence-corrected chi connectivity index (χ2v) is 9.91. The van der Waals surface area contributed by atoms with Crippen LogP contribution in [0, 0.1) is 11.8 Å². The van der Waals surface area contributed by atoms with Crippen LogP contribution in [0.25, 0.3) is 5.57 Å². The molecule has 0 amide bonds. The Morgan fingerprint density at radius 1 is 0.767 bits per heavy atom. The van der Waals surface area contributed by atoms with Crippen LogP contribution in [0.4, 0.5) is 0 Å². The fourth-order valence-corrected chi connectivity index (χ4v) is 4.10. The molecular weight excluding hydrogens is 360 g/mol. The van der Waals surface area contributed by atoms with Crippen molar-refractivity contribution in [3.63, 3.8) is 0 Å². The molecule has 0 aromatic heterocycles. The average Bonchev–Trinajstić information content (AvgIpc) is 2.72. The van der Waals surface area contributed by atoms with Crippen LogP contribution in [0.5, 0.6) is 0 Å². The molecule has 0 atom stereocenters. The maximum absolute atomic E-state index is 3.36. The minimum absolute atomic E-state index is 0.134. The van der Waals surface area contributed by atoms with Crippen molar-refractivity contribution in [3.05, 3.63) is 112 Å². The molecule has 1 aliphatic carbocycles. The summed E-state index contributed by atoms with van der Waals surface area (Å²) >= 11 is 0. The normalized spacial score (nSPS) is 14.9. The number of fused-ring (bicyclic) bond motifs is 1. The lowest BCUT2D eigenvalue weighted by Crippen LogP contribution is -2.22. The van der Waals surface area contributed by atoms with Crippen molar-refractivity contribution in [2.45, 2.75) is 51.9 Å². The molecule has 0 bridgehead atoms. The first kappa shape index (κ1) is 20.2. The first-order valence-corrected chi connectivity index (χ1v) is 10.8. The molecule has 1 aliphatic rings. The van der Waals surface area contributed by atoms with Crippen LogP contribution in [-0.4, -0.2) is 0 Å². The summed E-state index contributed by atoms with van der Waals surface area (Å²) in [7, 11) is 0. The summed E-state index contributed by atoms with van der Waals surface area (Å²) in [6.07, 6.45) is 3.45. The molecule has 0 fully saturated rings. The monoisotopic (exact) mass is 390 g/mol. The van der Waals surface area contributed by atoms with E-state index in [0.29, 0.717) is 0 Å². The van der Waals surface area contributed by atoms with Gasteiger partial charge in [-0.25, -0.2) is 0 Å². The molecule has 3 aromatic carbocycles. The van der Waals surface area contributed by atoms with E-state index in [4.69, 9.17) is 0 Å². The molecule has 0 N–H and O–H groups in total. The van der Waals surface area contributed by atoms with Gasteiger partial charge in [0.2, 0.25) is 0 Å². The molecule has 30 heavy (non-hydrogen) atoms. The van der Waals surface area contributed by atoms with Crippen LogP contribution in [0.1, 0.15) is 74.4 Å². The van der Waals surface area contributed by atoms with Gasteiger partial charge < -0.3 is 0 Å². The Morgan fingerprint density at radius 3 is 2.10 bits per heavy atom. The molecule has 0 heteroatoms. The summed E-state index contributed by atoms with van der Waals surface area (Å²) in [6.45, 7) is 11.4. The van der Waals surface area contributed by atoms with Crippen LogP contribution >= 0.6 is 0 Å². The highest BCUT2D eigenvalue weighted by molar-refractivity contribution is 5.84. The van der Waals surface area contributed by atoms with Gasteiger partial charge in [0, 0.05) is 11.1 Å². The number of benzene rings is 3. The van der Waals surface area contributed by atoms with E-state index in [-0.39, 0.29) is 10.8 Å². The van der Waals surface area contributed by atoms with E-state index in [9.17, 15) is 0 Å². The molecule has 0 spiro atoms. The summed E-state index contributed by atoms with van der Waals surface area (Å²) in [4.78, 5) is 0. The average molecular weight is 391 g/mol. The van der Waals surface area contributed by atoms with Gasteiger partial charge in [-0.05, 0) is 69.3 Å². The predicted molar refractivity (Wildman–Crippen MR) is 129 cm³/mol. The van der Waals surface area contributed by atoms with Crippen molar-refractivity contribution < 1.29 is 0 Å². The Hall–Kier alpha value is -3.04. The highest BCUT2D eigenvalue weighted by Gasteiger charge is 2.28. The van der Waals surface area contributed by atoms with Gasteiger partial charge in [-0.15, -0.1) is 0 Å². The van der Waals surface area contributed by atoms with Gasteiger partial charge >= 0.3 is 0 Å². The molecular formula is C30H30. The maximum atomic E-state index is 3.36. The number of hydrogen-bond acceptors (Lipinski definition) is 0. The Morgan fingerprint density at radius 2 is 1.43 bits per heavy atom. The van der Waals surface area contributed by atoms with Gasteiger partial charge in [-0.2, -0.15) is 0 Å². The second-order valence-electron chi connectivity index (χ2n) is 9.91. The third-order valence-electron chi connectivity index (χ3n) is 6.04. The van der Waals surface area contributed by atoms with Crippen molar-refractivity contribution in [1.29, 1.82) is 0 Å². The minimum atomic E-state index is 0.134. The first-order chi connectivity index (χ1) is 14.2. The Bertz CT molecular complexity index is 1140. The van der Waals surface area contributed by atoms with Crippen LogP contribution in [0.3, 0.4) is 0 Å². The first-order valence-electron chi connectivity index (χ1n) is 10.8. The van der Waals surface area contributed by atoms with Crippen molar-refractivity contribution in [2.24, 2.45) is 0 Å². The van der Waals surface area contributed by atoms with Crippen LogP contribution in [0.2, 0.25) is 0 Å². The summed E-state index contributed by atoms with van der Waals surface area (Å²) in [6, 6.07) is 26.0. The Kier molecular flexibility index (Phi) is 5.17. The molecule has 150 valence electrons. The predicted octanol–water partition coefficient (Wildman–Crippen LogP) is 7.50. The van der Waals surface area contributed by atoms with Crippen LogP contribution < -0.4 is 0 Å². The van der Waals surface area contributed by atoms with Gasteiger partial charge in [-0.3, -0.25) is 0 Å². The third-order valence-corrected chi connectivity index (χ3v) is 6.04. The van der Waals surface area contributed by atoms with Gasteiger partial charge in [0.1, 0.15) is 0 Å². The lowest BCUT2D eigenvalue weighted by Gasteiger charge is -2.32. The Labute approximate surface area is 181 Å². The lowest BCUT2D eigenvalue weighted by molar-refractivity contribution is 0.527. The quantitative estimate of drug-likeness (QED) is 0.377. The largest absolute Gasteiger partial charge is 0.0752 e. The Balaban J connectivity index is 1.75. The van der Waals surface area contributed by atoms with E-state index in [0.717, 1.165) is 17.5 Å². The summed E-state index contributed by atoms with van der Waals surface area (Å²) in [5.41, 5.74) is 9.11. The smallest absolute Gasteiger partial charge is 0.0255 e. The van der Waals surface area contributed by atoms with E-state index in [2.05, 4.69) is 107 Å². The van der Waals surface area contributed by atoms with E-state index in [1.807, 2.05) is 18.2 Å². The van der Waals surface area contributed by atoms with E-state index in [1.54, 1.807) is 0 Å². The molecule has 0 aliphatic heterocycles. The molecule has 0 saturated carbocycles. The summed E-state index contributed by atoms with van der Waals surface area (Å²) in [5, 5.41) is 0. The maximum Gasteiger partial charge on any atom is 0.0255 e. The van der Waals surface area contributed by atoms with Crippen LogP contribution in [-0.2, 0) is 10.8 Å². The zero-order valence-electron chi connectivity index (χ0n) is 18.7. The second kappa shape index (κ2) is 7.66. The van der Waals surface area contributed by atoms with Crippen molar-refractivity contribution in [3.8, 4) is 11.8 Å². The zero-order chi connectivity index (χ0) is 21.4. The molecule has 4 rings (SSSR count). The number of hydrogen-bond donors (Lipinski definition) is 0. The lowest BCUT2D eigenvalue weighted by atomic mass is 9.71. The van der Waals surface area contributed by atoms with Gasteiger partial charge in [0.05, 0.1) is 0 Å². The van der Waals surface area contributed by atoms with Crippen molar-refractivity contribution in [1.82, 2.24) is 0 Å². The van der Waals surface area contributed by atoms with Crippen molar-refractivity contribution in [2.75, 3.05) is 0 Å². The standard InChI is InChI=1S/C30H30/c1-29(2,3)25-16-14-24(15-17-25)26-19-20-30(4,5)28-18-13-23(21-27(26)28)12-11-22-9-7-6-8-10-22/h6-10,13-19,21H,20H2,1-5H3.